The van der Waals surface area contributed by atoms with Crippen LogP contribution < -0.4 is 10.5 Å². The number of carbonyl (C=O) groups excluding carboxylic acids is 1. The monoisotopic (exact) mass is 261 g/mol. The standard InChI is InChI=1S/C16H23NO2/c1-11-6-7-16(19-2)13(8-11)9-15(18)14-5-3-4-12(14)10-17/h6-8,12,14H,3-5,9-10,17H2,1-2H3. The van der Waals surface area contributed by atoms with Crippen LogP contribution in [0.25, 0.3) is 0 Å². The zero-order valence-corrected chi connectivity index (χ0v) is 11.8. The number of carbonyl (C=O) groups is 1. The number of ketones is 1. The van der Waals surface area contributed by atoms with Gasteiger partial charge in [0.15, 0.2) is 0 Å². The highest BCUT2D eigenvalue weighted by atomic mass is 16.5. The molecule has 0 saturated heterocycles. The molecule has 3 heteroatoms. The second kappa shape index (κ2) is 6.20. The maximum atomic E-state index is 12.5. The first-order chi connectivity index (χ1) is 9.15. The van der Waals surface area contributed by atoms with E-state index in [4.69, 9.17) is 10.5 Å². The quantitative estimate of drug-likeness (QED) is 0.886. The Labute approximate surface area is 115 Å². The summed E-state index contributed by atoms with van der Waals surface area (Å²) in [6.07, 6.45) is 3.68. The Morgan fingerprint density at radius 2 is 2.21 bits per heavy atom. The van der Waals surface area contributed by atoms with Crippen molar-refractivity contribution in [2.45, 2.75) is 32.6 Å². The van der Waals surface area contributed by atoms with E-state index >= 15 is 0 Å². The Kier molecular flexibility index (Phi) is 4.59. The fraction of sp³-hybridized carbons (Fsp3) is 0.562. The molecule has 1 saturated carbocycles. The third kappa shape index (κ3) is 3.16. The summed E-state index contributed by atoms with van der Waals surface area (Å²) in [5.74, 6) is 1.65. The van der Waals surface area contributed by atoms with Gasteiger partial charge in [0.05, 0.1) is 7.11 Å². The summed E-state index contributed by atoms with van der Waals surface area (Å²) in [5.41, 5.74) is 7.91. The Bertz CT molecular complexity index is 456. The van der Waals surface area contributed by atoms with Gasteiger partial charge in [0.25, 0.3) is 0 Å². The third-order valence-electron chi connectivity index (χ3n) is 4.18. The summed E-state index contributed by atoms with van der Waals surface area (Å²) in [6.45, 7) is 2.66. The second-order valence-electron chi connectivity index (χ2n) is 5.49. The minimum Gasteiger partial charge on any atom is -0.496 e. The van der Waals surface area contributed by atoms with Gasteiger partial charge in [-0.1, -0.05) is 24.1 Å². The van der Waals surface area contributed by atoms with E-state index in [9.17, 15) is 4.79 Å². The highest BCUT2D eigenvalue weighted by Crippen LogP contribution is 2.33. The van der Waals surface area contributed by atoms with Gasteiger partial charge in [-0.05, 0) is 38.3 Å². The van der Waals surface area contributed by atoms with Gasteiger partial charge >= 0.3 is 0 Å². The molecule has 2 N–H and O–H groups in total. The van der Waals surface area contributed by atoms with E-state index in [0.29, 0.717) is 24.7 Å². The lowest BCUT2D eigenvalue weighted by molar-refractivity contribution is -0.123. The summed E-state index contributed by atoms with van der Waals surface area (Å²) < 4.78 is 5.34. The number of Topliss-reactive ketones (excluding diaryl/α,β-unsaturated/α-hetero) is 1. The Hall–Kier alpha value is -1.35. The summed E-state index contributed by atoms with van der Waals surface area (Å²) in [6, 6.07) is 5.99. The Morgan fingerprint density at radius 1 is 1.42 bits per heavy atom. The maximum Gasteiger partial charge on any atom is 0.140 e. The third-order valence-corrected chi connectivity index (χ3v) is 4.18. The zero-order valence-electron chi connectivity index (χ0n) is 11.8. The van der Waals surface area contributed by atoms with Crippen LogP contribution in [0.4, 0.5) is 0 Å². The fourth-order valence-corrected chi connectivity index (χ4v) is 3.11. The van der Waals surface area contributed by atoms with E-state index < -0.39 is 0 Å². The molecular weight excluding hydrogens is 238 g/mol. The highest BCUT2D eigenvalue weighted by molar-refractivity contribution is 5.84. The number of aryl methyl sites for hydroxylation is 1. The molecule has 19 heavy (non-hydrogen) atoms. The molecular formula is C16H23NO2. The molecule has 2 atom stereocenters. The number of methoxy groups -OCH3 is 1. The summed E-state index contributed by atoms with van der Waals surface area (Å²) >= 11 is 0. The largest absolute Gasteiger partial charge is 0.496 e. The van der Waals surface area contributed by atoms with Crippen LogP contribution in [0, 0.1) is 18.8 Å². The van der Waals surface area contributed by atoms with Crippen molar-refractivity contribution in [2.75, 3.05) is 13.7 Å². The lowest BCUT2D eigenvalue weighted by Gasteiger charge is -2.17. The van der Waals surface area contributed by atoms with Crippen LogP contribution in [-0.2, 0) is 11.2 Å². The lowest BCUT2D eigenvalue weighted by atomic mass is 9.88. The molecule has 0 aromatic heterocycles. The molecule has 1 aliphatic rings. The van der Waals surface area contributed by atoms with Gasteiger partial charge in [-0.3, -0.25) is 4.79 Å². The molecule has 0 spiro atoms. The number of hydrogen-bond donors (Lipinski definition) is 1. The van der Waals surface area contributed by atoms with Gasteiger partial charge in [-0.2, -0.15) is 0 Å². The summed E-state index contributed by atoms with van der Waals surface area (Å²) in [4.78, 5) is 12.5. The first-order valence-electron chi connectivity index (χ1n) is 7.02. The van der Waals surface area contributed by atoms with Crippen LogP contribution in [-0.4, -0.2) is 19.4 Å². The SMILES string of the molecule is COc1ccc(C)cc1CC(=O)C1CCCC1CN. The van der Waals surface area contributed by atoms with Crippen molar-refractivity contribution >= 4 is 5.78 Å². The first kappa shape index (κ1) is 14.1. The topological polar surface area (TPSA) is 52.3 Å². The van der Waals surface area contributed by atoms with Crippen LogP contribution in [0.5, 0.6) is 5.75 Å². The van der Waals surface area contributed by atoms with Gasteiger partial charge < -0.3 is 10.5 Å². The fourth-order valence-electron chi connectivity index (χ4n) is 3.11. The van der Waals surface area contributed by atoms with E-state index in [-0.39, 0.29) is 5.92 Å². The zero-order chi connectivity index (χ0) is 13.8. The van der Waals surface area contributed by atoms with Crippen molar-refractivity contribution in [3.8, 4) is 5.75 Å². The molecule has 0 amide bonds. The molecule has 2 rings (SSSR count). The number of benzene rings is 1. The van der Waals surface area contributed by atoms with Crippen molar-refractivity contribution in [3.05, 3.63) is 29.3 Å². The van der Waals surface area contributed by atoms with Gasteiger partial charge in [0.1, 0.15) is 11.5 Å². The number of nitrogens with two attached hydrogens (primary N) is 1. The molecule has 3 nitrogen and oxygen atoms in total. The minimum atomic E-state index is 0.148. The molecule has 1 aromatic carbocycles. The summed E-state index contributed by atoms with van der Waals surface area (Å²) in [5, 5.41) is 0. The number of rotatable bonds is 5. The van der Waals surface area contributed by atoms with Crippen molar-refractivity contribution < 1.29 is 9.53 Å². The Balaban J connectivity index is 2.12. The maximum absolute atomic E-state index is 12.5. The van der Waals surface area contributed by atoms with Crippen LogP contribution in [0.2, 0.25) is 0 Å². The van der Waals surface area contributed by atoms with Crippen molar-refractivity contribution in [1.82, 2.24) is 0 Å². The molecule has 0 heterocycles. The van der Waals surface area contributed by atoms with Crippen LogP contribution in [0.3, 0.4) is 0 Å². The average molecular weight is 261 g/mol. The highest BCUT2D eigenvalue weighted by Gasteiger charge is 2.31. The van der Waals surface area contributed by atoms with E-state index in [1.54, 1.807) is 7.11 Å². The lowest BCUT2D eigenvalue weighted by Crippen LogP contribution is -2.26. The normalized spacial score (nSPS) is 22.5. The van der Waals surface area contributed by atoms with Crippen molar-refractivity contribution in [3.63, 3.8) is 0 Å². The van der Waals surface area contributed by atoms with Crippen LogP contribution in [0.15, 0.2) is 18.2 Å². The van der Waals surface area contributed by atoms with Gasteiger partial charge in [0.2, 0.25) is 0 Å². The molecule has 1 aliphatic carbocycles. The van der Waals surface area contributed by atoms with E-state index in [0.717, 1.165) is 36.1 Å². The van der Waals surface area contributed by atoms with Gasteiger partial charge in [-0.25, -0.2) is 0 Å². The minimum absolute atomic E-state index is 0.148. The number of hydrogen-bond acceptors (Lipinski definition) is 3. The van der Waals surface area contributed by atoms with Gasteiger partial charge in [-0.15, -0.1) is 0 Å². The molecule has 1 aromatic rings. The Morgan fingerprint density at radius 3 is 2.89 bits per heavy atom. The van der Waals surface area contributed by atoms with E-state index in [1.807, 2.05) is 25.1 Å². The second-order valence-corrected chi connectivity index (χ2v) is 5.49. The molecule has 1 fully saturated rings. The van der Waals surface area contributed by atoms with E-state index in [1.165, 1.54) is 0 Å². The van der Waals surface area contributed by atoms with E-state index in [2.05, 4.69) is 0 Å². The van der Waals surface area contributed by atoms with Gasteiger partial charge in [0, 0.05) is 17.9 Å². The average Bonchev–Trinajstić information content (AvgIpc) is 2.87. The molecule has 0 bridgehead atoms. The number of ether oxygens (including phenoxy) is 1. The first-order valence-corrected chi connectivity index (χ1v) is 7.02. The van der Waals surface area contributed by atoms with Crippen molar-refractivity contribution in [2.24, 2.45) is 17.6 Å². The van der Waals surface area contributed by atoms with Crippen LogP contribution in [0.1, 0.15) is 30.4 Å². The predicted octanol–water partition coefficient (Wildman–Crippen LogP) is 2.49. The molecule has 0 radical (unpaired) electrons. The summed E-state index contributed by atoms with van der Waals surface area (Å²) in [7, 11) is 1.65. The smallest absolute Gasteiger partial charge is 0.140 e. The molecule has 2 unspecified atom stereocenters. The van der Waals surface area contributed by atoms with Crippen molar-refractivity contribution in [1.29, 1.82) is 0 Å². The molecule has 0 aliphatic heterocycles. The van der Waals surface area contributed by atoms with Crippen LogP contribution >= 0.6 is 0 Å². The predicted molar refractivity (Wildman–Crippen MR) is 76.3 cm³/mol. The molecule has 104 valence electrons.